The van der Waals surface area contributed by atoms with Gasteiger partial charge in [-0.15, -0.1) is 0 Å². The van der Waals surface area contributed by atoms with Gasteiger partial charge in [-0.1, -0.05) is 19.8 Å². The third-order valence-corrected chi connectivity index (χ3v) is 5.28. The number of carboxylic acid groups (broad SMARTS) is 1. The molecule has 2 heterocycles. The van der Waals surface area contributed by atoms with E-state index >= 15 is 0 Å². The van der Waals surface area contributed by atoms with Crippen LogP contribution in [0, 0.1) is 21.4 Å². The maximum Gasteiger partial charge on any atom is 0.322 e. The van der Waals surface area contributed by atoms with Crippen molar-refractivity contribution in [3.8, 4) is 0 Å². The summed E-state index contributed by atoms with van der Waals surface area (Å²) in [5, 5.41) is 27.4. The molecular formula is C15H20N4O5. The average Bonchev–Trinajstić information content (AvgIpc) is 3.18. The second kappa shape index (κ2) is 5.88. The van der Waals surface area contributed by atoms with Gasteiger partial charge in [0.1, 0.15) is 5.69 Å². The summed E-state index contributed by atoms with van der Waals surface area (Å²) in [6, 6.07) is 0. The van der Waals surface area contributed by atoms with Crippen molar-refractivity contribution in [1.82, 2.24) is 15.1 Å². The molecule has 1 aliphatic carbocycles. The van der Waals surface area contributed by atoms with Crippen LogP contribution in [0.25, 0.3) is 0 Å². The minimum Gasteiger partial charge on any atom is -0.481 e. The Morgan fingerprint density at radius 1 is 1.54 bits per heavy atom. The number of fused-ring (bicyclic) bond motifs is 1. The Morgan fingerprint density at radius 2 is 2.29 bits per heavy atom. The zero-order valence-corrected chi connectivity index (χ0v) is 13.4. The van der Waals surface area contributed by atoms with E-state index in [1.165, 1.54) is 4.90 Å². The van der Waals surface area contributed by atoms with Crippen LogP contribution in [0.5, 0.6) is 0 Å². The fourth-order valence-electron chi connectivity index (χ4n) is 4.09. The quantitative estimate of drug-likeness (QED) is 0.620. The van der Waals surface area contributed by atoms with Crippen LogP contribution in [0.4, 0.5) is 5.69 Å². The van der Waals surface area contributed by atoms with Crippen molar-refractivity contribution in [1.29, 1.82) is 0 Å². The van der Waals surface area contributed by atoms with E-state index in [9.17, 15) is 24.8 Å². The van der Waals surface area contributed by atoms with Gasteiger partial charge in [0.05, 0.1) is 10.3 Å². The molecule has 0 radical (unpaired) electrons. The van der Waals surface area contributed by atoms with Gasteiger partial charge in [-0.2, -0.15) is 5.10 Å². The number of carbonyl (C=O) groups excluding carboxylic acids is 1. The van der Waals surface area contributed by atoms with Crippen LogP contribution >= 0.6 is 0 Å². The summed E-state index contributed by atoms with van der Waals surface area (Å²) in [7, 11) is 0. The summed E-state index contributed by atoms with van der Waals surface area (Å²) in [5.74, 6) is -1.54. The number of hydrogen-bond acceptors (Lipinski definition) is 5. The fraction of sp³-hybridized carbons (Fsp3) is 0.667. The number of aliphatic carboxylic acids is 1. The fourth-order valence-corrected chi connectivity index (χ4v) is 4.09. The molecular weight excluding hydrogens is 316 g/mol. The van der Waals surface area contributed by atoms with E-state index in [4.69, 9.17) is 0 Å². The molecule has 0 aromatic carbocycles. The average molecular weight is 336 g/mol. The monoisotopic (exact) mass is 336 g/mol. The van der Waals surface area contributed by atoms with Crippen molar-refractivity contribution >= 4 is 17.6 Å². The smallest absolute Gasteiger partial charge is 0.322 e. The number of aromatic nitrogens is 2. The summed E-state index contributed by atoms with van der Waals surface area (Å²) in [6.07, 6.45) is 3.26. The number of H-pyrrole nitrogens is 1. The number of carbonyl (C=O) groups is 2. The highest BCUT2D eigenvalue weighted by Crippen LogP contribution is 2.49. The molecule has 0 unspecified atom stereocenters. The molecule has 9 nitrogen and oxygen atoms in total. The Morgan fingerprint density at radius 3 is 2.88 bits per heavy atom. The van der Waals surface area contributed by atoms with Crippen molar-refractivity contribution in [3.05, 3.63) is 21.5 Å². The van der Waals surface area contributed by atoms with Crippen molar-refractivity contribution in [2.75, 3.05) is 13.1 Å². The SMILES string of the molecule is CCCc1[nH]nc(C(=O)N2C[C@@H]3CCC[C@@]3(C(=O)O)C2)c1[N+](=O)[O-]. The highest BCUT2D eigenvalue weighted by Gasteiger charge is 2.56. The van der Waals surface area contributed by atoms with Crippen LogP contribution in [0.3, 0.4) is 0 Å². The molecule has 1 saturated carbocycles. The lowest BCUT2D eigenvalue weighted by Gasteiger charge is -2.22. The van der Waals surface area contributed by atoms with Crippen molar-refractivity contribution in [3.63, 3.8) is 0 Å². The van der Waals surface area contributed by atoms with Gasteiger partial charge in [-0.3, -0.25) is 24.8 Å². The first kappa shape index (κ1) is 16.4. The predicted molar refractivity (Wildman–Crippen MR) is 82.6 cm³/mol. The lowest BCUT2D eigenvalue weighted by molar-refractivity contribution is -0.385. The van der Waals surface area contributed by atoms with Crippen LogP contribution in [0.2, 0.25) is 0 Å². The number of carboxylic acids is 1. The number of nitrogens with zero attached hydrogens (tertiary/aromatic N) is 3. The number of aromatic amines is 1. The van der Waals surface area contributed by atoms with E-state index in [1.54, 1.807) is 0 Å². The third-order valence-electron chi connectivity index (χ3n) is 5.28. The van der Waals surface area contributed by atoms with Crippen LogP contribution in [-0.4, -0.2) is 50.1 Å². The van der Waals surface area contributed by atoms with Gasteiger partial charge in [-0.25, -0.2) is 0 Å². The number of aryl methyl sites for hydroxylation is 1. The van der Waals surface area contributed by atoms with E-state index in [0.29, 0.717) is 31.5 Å². The zero-order valence-electron chi connectivity index (χ0n) is 13.4. The topological polar surface area (TPSA) is 129 Å². The van der Waals surface area contributed by atoms with Gasteiger partial charge in [0, 0.05) is 13.1 Å². The van der Waals surface area contributed by atoms with Gasteiger partial charge >= 0.3 is 11.7 Å². The highest BCUT2D eigenvalue weighted by atomic mass is 16.6. The molecule has 1 amide bonds. The second-order valence-electron chi connectivity index (χ2n) is 6.64. The van der Waals surface area contributed by atoms with Crippen molar-refractivity contribution in [2.45, 2.75) is 39.0 Å². The molecule has 3 rings (SSSR count). The molecule has 24 heavy (non-hydrogen) atoms. The van der Waals surface area contributed by atoms with Gasteiger partial charge in [-0.05, 0) is 25.2 Å². The predicted octanol–water partition coefficient (Wildman–Crippen LogP) is 1.60. The van der Waals surface area contributed by atoms with E-state index < -0.39 is 22.2 Å². The van der Waals surface area contributed by atoms with Crippen LogP contribution < -0.4 is 0 Å². The summed E-state index contributed by atoms with van der Waals surface area (Å²) < 4.78 is 0. The Hall–Kier alpha value is -2.45. The maximum absolute atomic E-state index is 12.7. The number of rotatable bonds is 5. The number of likely N-dealkylation sites (tertiary alicyclic amines) is 1. The van der Waals surface area contributed by atoms with Gasteiger partial charge in [0.2, 0.25) is 5.69 Å². The van der Waals surface area contributed by atoms with Crippen LogP contribution in [-0.2, 0) is 11.2 Å². The first-order chi connectivity index (χ1) is 11.4. The molecule has 0 spiro atoms. The highest BCUT2D eigenvalue weighted by molar-refractivity contribution is 5.97. The summed E-state index contributed by atoms with van der Waals surface area (Å²) in [4.78, 5) is 36.6. The minimum absolute atomic E-state index is 0.0907. The lowest BCUT2D eigenvalue weighted by Crippen LogP contribution is -2.37. The van der Waals surface area contributed by atoms with Crippen LogP contribution in [0.1, 0.15) is 48.8 Å². The zero-order chi connectivity index (χ0) is 17.5. The number of nitrogens with one attached hydrogen (secondary N) is 1. The van der Waals surface area contributed by atoms with Gasteiger partial charge in [0.15, 0.2) is 0 Å². The number of hydrogen-bond donors (Lipinski definition) is 2. The van der Waals surface area contributed by atoms with E-state index in [0.717, 1.165) is 12.8 Å². The molecule has 0 bridgehead atoms. The Bertz CT molecular complexity index is 700. The van der Waals surface area contributed by atoms with Gasteiger partial charge in [0.25, 0.3) is 5.91 Å². The Labute approximate surface area is 138 Å². The standard InChI is InChI=1S/C15H20N4O5/c1-2-4-10-12(19(23)24)11(17-16-10)13(20)18-7-9-5-3-6-15(9,8-18)14(21)22/h9H,2-8H2,1H3,(H,16,17)(H,21,22)/t9-,15+/m0/s1. The molecule has 2 N–H and O–H groups in total. The molecule has 1 aromatic heterocycles. The third kappa shape index (κ3) is 2.35. The van der Waals surface area contributed by atoms with Crippen LogP contribution in [0.15, 0.2) is 0 Å². The largest absolute Gasteiger partial charge is 0.481 e. The molecule has 2 atom stereocenters. The summed E-state index contributed by atoms with van der Waals surface area (Å²) in [6.45, 7) is 2.29. The molecule has 2 fully saturated rings. The van der Waals surface area contributed by atoms with Gasteiger partial charge < -0.3 is 10.0 Å². The normalized spacial score (nSPS) is 25.7. The van der Waals surface area contributed by atoms with Crippen molar-refractivity contribution in [2.24, 2.45) is 11.3 Å². The first-order valence-electron chi connectivity index (χ1n) is 8.15. The minimum atomic E-state index is -0.910. The Kier molecular flexibility index (Phi) is 4.02. The van der Waals surface area contributed by atoms with E-state index in [2.05, 4.69) is 10.2 Å². The van der Waals surface area contributed by atoms with Crippen molar-refractivity contribution < 1.29 is 19.6 Å². The molecule has 1 aliphatic heterocycles. The van der Waals surface area contributed by atoms with E-state index in [1.807, 2.05) is 6.92 Å². The molecule has 1 saturated heterocycles. The molecule has 9 heteroatoms. The molecule has 130 valence electrons. The Balaban J connectivity index is 1.89. The summed E-state index contributed by atoms with van der Waals surface area (Å²) in [5.41, 5.74) is -1.09. The summed E-state index contributed by atoms with van der Waals surface area (Å²) >= 11 is 0. The maximum atomic E-state index is 12.7. The molecule has 1 aromatic rings. The first-order valence-corrected chi connectivity index (χ1v) is 8.15. The lowest BCUT2D eigenvalue weighted by atomic mass is 9.81. The number of amides is 1. The van der Waals surface area contributed by atoms with E-state index in [-0.39, 0.29) is 23.8 Å². The molecule has 2 aliphatic rings. The number of nitro groups is 1. The second-order valence-corrected chi connectivity index (χ2v) is 6.64.